The van der Waals surface area contributed by atoms with Crippen LogP contribution in [0.15, 0.2) is 23.8 Å². The first kappa shape index (κ1) is 32.7. The number of allylic oxidation sites excluding steroid dienone is 4. The van der Waals surface area contributed by atoms with Gasteiger partial charge >= 0.3 is 0 Å². The molecule has 7 heteroatoms. The van der Waals surface area contributed by atoms with Crippen LogP contribution in [0, 0.1) is 23.2 Å². The molecule has 0 bridgehead atoms. The van der Waals surface area contributed by atoms with Crippen molar-refractivity contribution in [3.05, 3.63) is 23.8 Å². The van der Waals surface area contributed by atoms with Gasteiger partial charge in [0.2, 0.25) is 0 Å². The molecule has 186 valence electrons. The van der Waals surface area contributed by atoms with E-state index in [0.29, 0.717) is 23.3 Å². The lowest BCUT2D eigenvalue weighted by Crippen LogP contribution is -2.52. The van der Waals surface area contributed by atoms with Gasteiger partial charge in [-0.25, -0.2) is 0 Å². The van der Waals surface area contributed by atoms with E-state index < -0.39 is 0 Å². The van der Waals surface area contributed by atoms with E-state index in [4.69, 9.17) is 11.6 Å². The average Bonchev–Trinajstić information content (AvgIpc) is 3.12. The Balaban J connectivity index is 0. The molecule has 0 aromatic carbocycles. The molecule has 0 amide bonds. The zero-order valence-electron chi connectivity index (χ0n) is 19.3. The summed E-state index contributed by atoms with van der Waals surface area (Å²) in [6.07, 6.45) is 10.4. The van der Waals surface area contributed by atoms with Crippen molar-refractivity contribution >= 4 is 11.6 Å². The van der Waals surface area contributed by atoms with Crippen LogP contribution in [0.4, 0.5) is 0 Å². The third-order valence-electron chi connectivity index (χ3n) is 6.88. The predicted molar refractivity (Wildman–Crippen MR) is 135 cm³/mol. The van der Waals surface area contributed by atoms with E-state index >= 15 is 0 Å². The van der Waals surface area contributed by atoms with E-state index in [1.54, 1.807) is 0 Å². The first-order valence-electron chi connectivity index (χ1n) is 11.0. The zero-order valence-corrected chi connectivity index (χ0v) is 20.1. The van der Waals surface area contributed by atoms with Gasteiger partial charge in [-0.2, -0.15) is 0 Å². The van der Waals surface area contributed by atoms with Gasteiger partial charge in [-0.3, -0.25) is 0 Å². The maximum Gasteiger partial charge on any atom is 0.0553 e. The maximum atomic E-state index is 6.23. The van der Waals surface area contributed by atoms with E-state index in [2.05, 4.69) is 61.5 Å². The Morgan fingerprint density at radius 1 is 1.23 bits per heavy atom. The molecule has 2 aliphatic heterocycles. The number of piperidine rings is 1. The van der Waals surface area contributed by atoms with Crippen molar-refractivity contribution in [3.8, 4) is 0 Å². The summed E-state index contributed by atoms with van der Waals surface area (Å²) in [4.78, 5) is 2.71. The highest BCUT2D eigenvalue weighted by molar-refractivity contribution is 6.22. The molecule has 3 aliphatic rings. The Labute approximate surface area is 195 Å². The second-order valence-electron chi connectivity index (χ2n) is 10.00. The van der Waals surface area contributed by atoms with E-state index in [9.17, 15) is 0 Å². The molecule has 3 rings (SSSR count). The Morgan fingerprint density at radius 2 is 1.94 bits per heavy atom. The molecule has 0 aromatic heterocycles. The molecule has 31 heavy (non-hydrogen) atoms. The molecule has 2 saturated heterocycles. The summed E-state index contributed by atoms with van der Waals surface area (Å²) in [5.74, 6) is 2.14. The monoisotopic (exact) mass is 463 g/mol. The smallest absolute Gasteiger partial charge is 0.0553 e. The fraction of sp³-hybridized carbons (Fsp3) is 0.833. The van der Waals surface area contributed by atoms with Gasteiger partial charge < -0.3 is 32.0 Å². The summed E-state index contributed by atoms with van der Waals surface area (Å²) in [7, 11) is 0. The summed E-state index contributed by atoms with van der Waals surface area (Å²) in [6.45, 7) is 16.7. The number of nitrogens with one attached hydrogen (secondary N) is 2. The highest BCUT2D eigenvalue weighted by Gasteiger charge is 2.38. The third-order valence-corrected chi connectivity index (χ3v) is 7.20. The normalized spacial score (nSPS) is 28.5. The standard InChI is InChI=1S/C23H40ClN3.CH4.3H2O/c1-17(2)22(26-14-18-9-11-25-13-18)15-27-12-10-21(23(3,4)16-27)19-5-7-20(24)8-6-19;;;;/h5-7,17-18,20-22,25-26H,8-16H2,1-4H3;1H4;3*1H2/t18-,20?,21?,22+;;;;/m1..../s1. The maximum absolute atomic E-state index is 6.23. The molecule has 6 nitrogen and oxygen atoms in total. The SMILES string of the molecule is C.CC(C)[C@H](CN1CCC(C2=CCC(Cl)C=C2)C(C)(C)C1)NC[C@@H]1CCNC1.O.O.O. The van der Waals surface area contributed by atoms with Crippen molar-refractivity contribution in [3.63, 3.8) is 0 Å². The Kier molecular flexibility index (Phi) is 15.4. The van der Waals surface area contributed by atoms with Crippen molar-refractivity contribution < 1.29 is 16.4 Å². The Hall–Kier alpha value is -0.470. The molecule has 1 aliphatic carbocycles. The molecule has 2 heterocycles. The fourth-order valence-corrected chi connectivity index (χ4v) is 5.27. The minimum Gasteiger partial charge on any atom is -0.412 e. The van der Waals surface area contributed by atoms with E-state index in [1.165, 1.54) is 51.1 Å². The van der Waals surface area contributed by atoms with Crippen LogP contribution in [-0.4, -0.2) is 72.0 Å². The van der Waals surface area contributed by atoms with Gasteiger partial charge in [0.15, 0.2) is 0 Å². The van der Waals surface area contributed by atoms with Crippen molar-refractivity contribution in [1.29, 1.82) is 0 Å². The molecule has 2 fully saturated rings. The van der Waals surface area contributed by atoms with Crippen LogP contribution in [0.1, 0.15) is 54.4 Å². The molecule has 0 saturated carbocycles. The number of hydrogen-bond acceptors (Lipinski definition) is 3. The summed E-state index contributed by atoms with van der Waals surface area (Å²) < 4.78 is 0. The topological polar surface area (TPSA) is 122 Å². The van der Waals surface area contributed by atoms with Gasteiger partial charge in [-0.15, -0.1) is 11.6 Å². The first-order chi connectivity index (χ1) is 12.8. The predicted octanol–water partition coefficient (Wildman–Crippen LogP) is 2.21. The van der Waals surface area contributed by atoms with Gasteiger partial charge in [0, 0.05) is 19.1 Å². The van der Waals surface area contributed by atoms with E-state index in [0.717, 1.165) is 18.9 Å². The lowest BCUT2D eigenvalue weighted by molar-refractivity contribution is 0.0628. The highest BCUT2D eigenvalue weighted by Crippen LogP contribution is 2.41. The van der Waals surface area contributed by atoms with Gasteiger partial charge in [-0.05, 0) is 74.2 Å². The average molecular weight is 464 g/mol. The lowest BCUT2D eigenvalue weighted by atomic mass is 9.69. The Morgan fingerprint density at radius 3 is 2.45 bits per heavy atom. The number of hydrogen-bond donors (Lipinski definition) is 2. The van der Waals surface area contributed by atoms with Crippen LogP contribution in [0.25, 0.3) is 0 Å². The van der Waals surface area contributed by atoms with Crippen molar-refractivity contribution in [2.75, 3.05) is 39.3 Å². The van der Waals surface area contributed by atoms with Crippen LogP contribution < -0.4 is 10.6 Å². The number of nitrogens with zero attached hydrogens (tertiary/aromatic N) is 1. The lowest BCUT2D eigenvalue weighted by Gasteiger charge is -2.46. The van der Waals surface area contributed by atoms with E-state index in [-0.39, 0.29) is 29.2 Å². The van der Waals surface area contributed by atoms with Crippen LogP contribution in [0.3, 0.4) is 0 Å². The summed E-state index contributed by atoms with van der Waals surface area (Å²) >= 11 is 6.23. The second kappa shape index (κ2) is 14.6. The molecule has 0 spiro atoms. The minimum absolute atomic E-state index is 0. The van der Waals surface area contributed by atoms with Crippen LogP contribution in [-0.2, 0) is 0 Å². The third kappa shape index (κ3) is 9.12. The number of alkyl halides is 1. The molecular formula is C24H50ClN3O3. The van der Waals surface area contributed by atoms with Gasteiger partial charge in [0.1, 0.15) is 0 Å². The van der Waals surface area contributed by atoms with Crippen molar-refractivity contribution in [1.82, 2.24) is 15.5 Å². The number of likely N-dealkylation sites (tertiary alicyclic amines) is 1. The molecular weight excluding hydrogens is 414 g/mol. The van der Waals surface area contributed by atoms with Gasteiger partial charge in [0.25, 0.3) is 0 Å². The quantitative estimate of drug-likeness (QED) is 0.562. The largest absolute Gasteiger partial charge is 0.412 e. The zero-order chi connectivity index (χ0) is 19.4. The fourth-order valence-electron chi connectivity index (χ4n) is 5.11. The summed E-state index contributed by atoms with van der Waals surface area (Å²) in [5.41, 5.74) is 1.83. The van der Waals surface area contributed by atoms with Crippen LogP contribution in [0.2, 0.25) is 0 Å². The van der Waals surface area contributed by atoms with Gasteiger partial charge in [0.05, 0.1) is 5.38 Å². The minimum atomic E-state index is 0. The number of halogens is 1. The van der Waals surface area contributed by atoms with Gasteiger partial charge in [-0.1, -0.05) is 53.3 Å². The number of rotatable bonds is 7. The van der Waals surface area contributed by atoms with E-state index in [1.807, 2.05) is 0 Å². The molecule has 8 N–H and O–H groups in total. The van der Waals surface area contributed by atoms with Crippen LogP contribution in [0.5, 0.6) is 0 Å². The second-order valence-corrected chi connectivity index (χ2v) is 10.6. The Bertz CT molecular complexity index is 548. The molecule has 0 radical (unpaired) electrons. The van der Waals surface area contributed by atoms with Crippen LogP contribution >= 0.6 is 11.6 Å². The first-order valence-corrected chi connectivity index (χ1v) is 11.5. The van der Waals surface area contributed by atoms with Crippen molar-refractivity contribution in [2.24, 2.45) is 23.2 Å². The molecule has 4 atom stereocenters. The summed E-state index contributed by atoms with van der Waals surface area (Å²) in [6, 6.07) is 0.587. The molecule has 2 unspecified atom stereocenters. The highest BCUT2D eigenvalue weighted by atomic mass is 35.5. The molecule has 0 aromatic rings. The summed E-state index contributed by atoms with van der Waals surface area (Å²) in [5, 5.41) is 7.57. The van der Waals surface area contributed by atoms with Crippen molar-refractivity contribution in [2.45, 2.75) is 65.8 Å².